The van der Waals surface area contributed by atoms with Crippen molar-refractivity contribution in [3.8, 4) is 5.75 Å². The first-order chi connectivity index (χ1) is 19.7. The van der Waals surface area contributed by atoms with E-state index >= 15 is 0 Å². The zero-order valence-corrected chi connectivity index (χ0v) is 24.0. The third kappa shape index (κ3) is 4.40. The number of fused-ring (bicyclic) bond motifs is 3. The molecule has 1 aromatic rings. The third-order valence-electron chi connectivity index (χ3n) is 9.56. The average Bonchev–Trinajstić information content (AvgIpc) is 3.22. The number of likely N-dealkylation sites (N-methyl/N-ethyl adjacent to an activating group) is 1. The number of nitrogens with two attached hydrogens (primary N) is 1. The second kappa shape index (κ2) is 10.5. The first kappa shape index (κ1) is 29.7. The summed E-state index contributed by atoms with van der Waals surface area (Å²) in [4.78, 5) is 82.7. The second-order valence-corrected chi connectivity index (χ2v) is 12.2. The van der Waals surface area contributed by atoms with Crippen molar-refractivity contribution in [1.29, 1.82) is 0 Å². The lowest BCUT2D eigenvalue weighted by Crippen LogP contribution is -2.74. The second-order valence-electron chi connectivity index (χ2n) is 12.2. The molecule has 12 heteroatoms. The predicted octanol–water partition coefficient (Wildman–Crippen LogP) is -0.868. The van der Waals surface area contributed by atoms with Crippen LogP contribution in [0.3, 0.4) is 0 Å². The fraction of sp³-hybridized carbons (Fsp3) is 0.533. The van der Waals surface area contributed by atoms with E-state index in [2.05, 4.69) is 5.32 Å². The van der Waals surface area contributed by atoms with E-state index in [0.717, 1.165) is 0 Å². The number of nitrogens with one attached hydrogen (secondary N) is 1. The SMILES string of the molecule is CC1C=CC(C)N1CC(=O)NCc1ccc(O)c2c1C[C@H]1C[C@H]3[C@@H](N(C)C)C(=O)C(C(N)=O)C(=O)[C@@]3(O)C(=O)C1C2=O. The molecule has 2 amide bonds. The summed E-state index contributed by atoms with van der Waals surface area (Å²) in [6.45, 7) is 4.25. The number of nitrogens with zero attached hydrogens (tertiary/aromatic N) is 2. The maximum absolute atomic E-state index is 13.9. The molecule has 0 aromatic heterocycles. The number of carbonyl (C=O) groups is 6. The molecule has 224 valence electrons. The number of Topliss-reactive ketones (excluding diaryl/α,β-unsaturated/α-hetero) is 4. The molecular weight excluding hydrogens is 544 g/mol. The lowest BCUT2D eigenvalue weighted by Gasteiger charge is -2.52. The van der Waals surface area contributed by atoms with Gasteiger partial charge in [0.1, 0.15) is 5.75 Å². The quantitative estimate of drug-likeness (QED) is 0.243. The highest BCUT2D eigenvalue weighted by Crippen LogP contribution is 2.51. The minimum Gasteiger partial charge on any atom is -0.507 e. The molecule has 5 rings (SSSR count). The number of ketones is 4. The van der Waals surface area contributed by atoms with Crippen molar-refractivity contribution in [3.63, 3.8) is 0 Å². The van der Waals surface area contributed by atoms with Gasteiger partial charge in [0.25, 0.3) is 0 Å². The molecule has 2 fully saturated rings. The molecule has 0 radical (unpaired) electrons. The van der Waals surface area contributed by atoms with Crippen molar-refractivity contribution in [2.75, 3.05) is 20.6 Å². The highest BCUT2D eigenvalue weighted by Gasteiger charge is 2.69. The predicted molar refractivity (Wildman–Crippen MR) is 148 cm³/mol. The minimum atomic E-state index is -2.77. The van der Waals surface area contributed by atoms with Crippen molar-refractivity contribution < 1.29 is 39.0 Å². The van der Waals surface area contributed by atoms with E-state index in [1.165, 1.54) is 25.1 Å². The topological polar surface area (TPSA) is 187 Å². The van der Waals surface area contributed by atoms with E-state index in [0.29, 0.717) is 11.1 Å². The summed E-state index contributed by atoms with van der Waals surface area (Å²) in [7, 11) is 3.07. The Balaban J connectivity index is 1.46. The van der Waals surface area contributed by atoms with Gasteiger partial charge in [-0.25, -0.2) is 0 Å². The van der Waals surface area contributed by atoms with Crippen LogP contribution in [-0.4, -0.2) is 99.3 Å². The molecule has 1 aromatic carbocycles. The Hall–Kier alpha value is -3.74. The number of primary amides is 1. The molecule has 3 aliphatic carbocycles. The molecule has 1 heterocycles. The summed E-state index contributed by atoms with van der Waals surface area (Å²) < 4.78 is 0. The Kier molecular flexibility index (Phi) is 7.45. The van der Waals surface area contributed by atoms with Crippen LogP contribution in [0.2, 0.25) is 0 Å². The van der Waals surface area contributed by atoms with E-state index in [9.17, 15) is 39.0 Å². The maximum atomic E-state index is 13.9. The first-order valence-electron chi connectivity index (χ1n) is 14.1. The van der Waals surface area contributed by atoms with Crippen LogP contribution >= 0.6 is 0 Å². The maximum Gasteiger partial charge on any atom is 0.235 e. The van der Waals surface area contributed by atoms with Crippen LogP contribution in [-0.2, 0) is 36.9 Å². The van der Waals surface area contributed by atoms with Gasteiger partial charge in [-0.2, -0.15) is 0 Å². The molecule has 0 saturated heterocycles. The van der Waals surface area contributed by atoms with Crippen molar-refractivity contribution in [2.24, 2.45) is 29.4 Å². The number of rotatable bonds is 6. The molecule has 2 saturated carbocycles. The van der Waals surface area contributed by atoms with Crippen molar-refractivity contribution >= 4 is 34.9 Å². The van der Waals surface area contributed by atoms with Crippen molar-refractivity contribution in [3.05, 3.63) is 41.0 Å². The summed E-state index contributed by atoms with van der Waals surface area (Å²) in [5.41, 5.74) is 3.54. The van der Waals surface area contributed by atoms with Crippen LogP contribution in [0.1, 0.15) is 41.8 Å². The van der Waals surface area contributed by atoms with Crippen molar-refractivity contribution in [1.82, 2.24) is 15.1 Å². The molecule has 5 N–H and O–H groups in total. The molecular formula is C30H36N4O8. The smallest absolute Gasteiger partial charge is 0.235 e. The first-order valence-corrected chi connectivity index (χ1v) is 14.1. The van der Waals surface area contributed by atoms with Gasteiger partial charge in [-0.1, -0.05) is 18.2 Å². The minimum absolute atomic E-state index is 0.0386. The van der Waals surface area contributed by atoms with Gasteiger partial charge in [0.05, 0.1) is 24.1 Å². The van der Waals surface area contributed by atoms with Crippen LogP contribution in [0, 0.1) is 23.7 Å². The van der Waals surface area contributed by atoms with Crippen LogP contribution in [0.15, 0.2) is 24.3 Å². The molecule has 12 nitrogen and oxygen atoms in total. The third-order valence-corrected chi connectivity index (χ3v) is 9.56. The van der Waals surface area contributed by atoms with Gasteiger partial charge in [-0.3, -0.25) is 38.6 Å². The summed E-state index contributed by atoms with van der Waals surface area (Å²) in [5, 5.41) is 25.2. The number of phenolic OH excluding ortho intramolecular Hbond substituents is 1. The van der Waals surface area contributed by atoms with Crippen molar-refractivity contribution in [2.45, 2.75) is 57.0 Å². The van der Waals surface area contributed by atoms with E-state index in [4.69, 9.17) is 5.73 Å². The van der Waals surface area contributed by atoms with Gasteiger partial charge < -0.3 is 21.3 Å². The van der Waals surface area contributed by atoms with Gasteiger partial charge in [-0.15, -0.1) is 0 Å². The number of aliphatic hydroxyl groups is 1. The van der Waals surface area contributed by atoms with Crippen LogP contribution in [0.4, 0.5) is 0 Å². The number of hydrogen-bond acceptors (Lipinski definition) is 10. The van der Waals surface area contributed by atoms with Gasteiger partial charge in [0.15, 0.2) is 34.7 Å². The number of hydrogen-bond donors (Lipinski definition) is 4. The highest BCUT2D eigenvalue weighted by molar-refractivity contribution is 6.32. The van der Waals surface area contributed by atoms with E-state index in [-0.39, 0.29) is 55.2 Å². The number of aromatic hydroxyl groups is 1. The fourth-order valence-corrected chi connectivity index (χ4v) is 7.45. The van der Waals surface area contributed by atoms with Gasteiger partial charge >= 0.3 is 0 Å². The largest absolute Gasteiger partial charge is 0.507 e. The van der Waals surface area contributed by atoms with E-state index < -0.39 is 64.4 Å². The molecule has 0 bridgehead atoms. The normalized spacial score (nSPS) is 34.3. The van der Waals surface area contributed by atoms with Crippen LogP contribution in [0.25, 0.3) is 0 Å². The Morgan fingerprint density at radius 3 is 2.33 bits per heavy atom. The number of amides is 2. The molecule has 1 aliphatic heterocycles. The number of phenols is 1. The average molecular weight is 581 g/mol. The van der Waals surface area contributed by atoms with Crippen LogP contribution < -0.4 is 11.1 Å². The number of benzene rings is 1. The highest BCUT2D eigenvalue weighted by atomic mass is 16.3. The summed E-state index contributed by atoms with van der Waals surface area (Å²) in [6, 6.07) is 1.99. The van der Waals surface area contributed by atoms with Gasteiger partial charge in [0, 0.05) is 24.5 Å². The molecule has 42 heavy (non-hydrogen) atoms. The lowest BCUT2D eigenvalue weighted by molar-refractivity contribution is -0.181. The fourth-order valence-electron chi connectivity index (χ4n) is 7.45. The Morgan fingerprint density at radius 2 is 1.74 bits per heavy atom. The zero-order chi connectivity index (χ0) is 30.8. The van der Waals surface area contributed by atoms with Gasteiger partial charge in [0.2, 0.25) is 11.8 Å². The Morgan fingerprint density at radius 1 is 1.10 bits per heavy atom. The summed E-state index contributed by atoms with van der Waals surface area (Å²) in [5.74, 6) is -11.2. The van der Waals surface area contributed by atoms with Gasteiger partial charge in [-0.05, 0) is 63.9 Å². The molecule has 8 atom stereocenters. The molecule has 0 spiro atoms. The Labute approximate surface area is 242 Å². The summed E-state index contributed by atoms with van der Waals surface area (Å²) in [6.07, 6.45) is 4.16. The zero-order valence-electron chi connectivity index (χ0n) is 24.0. The van der Waals surface area contributed by atoms with E-state index in [1.54, 1.807) is 6.07 Å². The molecule has 4 aliphatic rings. The standard InChI is InChI=1S/C30H36N4O8/c1-13-5-6-14(2)34(13)12-20(36)32-11-15-7-8-19(35)22-17(15)9-16-10-18-24(33(3)4)26(38)23(29(31)41)28(40)30(18,42)27(39)21(16)25(22)37/h5-8,13-14,16,18,21,23-24,35,42H,9-12H2,1-4H3,(H2,31,41)(H,32,36)/t13?,14?,16-,18-,21?,23?,24+,30-/m0/s1. The lowest BCUT2D eigenvalue weighted by atomic mass is 9.52. The van der Waals surface area contributed by atoms with Crippen LogP contribution in [0.5, 0.6) is 5.75 Å². The van der Waals surface area contributed by atoms with E-state index in [1.807, 2.05) is 30.9 Å². The summed E-state index contributed by atoms with van der Waals surface area (Å²) >= 11 is 0. The monoisotopic (exact) mass is 580 g/mol. The number of carbonyl (C=O) groups excluding carboxylic acids is 6. The Bertz CT molecular complexity index is 1420. The molecule has 4 unspecified atom stereocenters.